The van der Waals surface area contributed by atoms with Gasteiger partial charge >= 0.3 is 0 Å². The Morgan fingerprint density at radius 3 is 2.81 bits per heavy atom. The zero-order valence-electron chi connectivity index (χ0n) is 16.1. The number of hydrogen-bond donors (Lipinski definition) is 1. The standard InChI is InChI=1S/C19H29BrN6/c1-5-15(10-16-8-7-9-17(20)11-16)12-22-19(21-6-2)25(3)13-18-23-14-24-26(18)4/h7-9,11,14-15H,5-6,10,12-13H2,1-4H3,(H,21,22). The average molecular weight is 421 g/mol. The SMILES string of the molecule is CCNC(=NCC(CC)Cc1cccc(Br)c1)N(C)Cc1ncnn1C. The maximum absolute atomic E-state index is 4.88. The molecule has 2 aromatic rings. The highest BCUT2D eigenvalue weighted by molar-refractivity contribution is 9.10. The van der Waals surface area contributed by atoms with E-state index in [0.29, 0.717) is 12.5 Å². The number of benzene rings is 1. The maximum atomic E-state index is 4.88. The zero-order valence-corrected chi connectivity index (χ0v) is 17.7. The number of nitrogens with one attached hydrogen (secondary N) is 1. The second-order valence-electron chi connectivity index (χ2n) is 6.46. The van der Waals surface area contributed by atoms with Crippen molar-refractivity contribution in [3.8, 4) is 0 Å². The molecule has 7 heteroatoms. The van der Waals surface area contributed by atoms with Gasteiger partial charge in [0.15, 0.2) is 5.96 Å². The Balaban J connectivity index is 2.02. The Kier molecular flexibility index (Phi) is 8.09. The molecule has 0 aliphatic heterocycles. The summed E-state index contributed by atoms with van der Waals surface area (Å²) < 4.78 is 2.92. The molecule has 0 aliphatic rings. The number of aromatic nitrogens is 3. The van der Waals surface area contributed by atoms with E-state index in [-0.39, 0.29) is 0 Å². The van der Waals surface area contributed by atoms with Crippen LogP contribution in [-0.4, -0.2) is 45.8 Å². The third-order valence-electron chi connectivity index (χ3n) is 4.37. The van der Waals surface area contributed by atoms with Gasteiger partial charge in [0.2, 0.25) is 0 Å². The molecule has 0 amide bonds. The van der Waals surface area contributed by atoms with Gasteiger partial charge < -0.3 is 10.2 Å². The van der Waals surface area contributed by atoms with Gasteiger partial charge in [0.1, 0.15) is 12.2 Å². The summed E-state index contributed by atoms with van der Waals surface area (Å²) in [4.78, 5) is 11.3. The molecule has 1 unspecified atom stereocenters. The fourth-order valence-corrected chi connectivity index (χ4v) is 3.22. The van der Waals surface area contributed by atoms with Crippen LogP contribution in [0.4, 0.5) is 0 Å². The van der Waals surface area contributed by atoms with Crippen molar-refractivity contribution in [1.29, 1.82) is 0 Å². The van der Waals surface area contributed by atoms with E-state index in [2.05, 4.69) is 74.3 Å². The lowest BCUT2D eigenvalue weighted by Gasteiger charge is -2.22. The summed E-state index contributed by atoms with van der Waals surface area (Å²) in [6.07, 6.45) is 3.71. The first-order chi connectivity index (χ1) is 12.5. The topological polar surface area (TPSA) is 58.3 Å². The molecule has 0 fully saturated rings. The van der Waals surface area contributed by atoms with Crippen molar-refractivity contribution in [2.75, 3.05) is 20.1 Å². The van der Waals surface area contributed by atoms with Crippen LogP contribution in [0.3, 0.4) is 0 Å². The molecule has 26 heavy (non-hydrogen) atoms. The second-order valence-corrected chi connectivity index (χ2v) is 7.37. The predicted molar refractivity (Wildman–Crippen MR) is 110 cm³/mol. The molecular weight excluding hydrogens is 392 g/mol. The predicted octanol–water partition coefficient (Wildman–Crippen LogP) is 3.24. The highest BCUT2D eigenvalue weighted by Crippen LogP contribution is 2.17. The van der Waals surface area contributed by atoms with E-state index in [9.17, 15) is 0 Å². The number of hydrogen-bond acceptors (Lipinski definition) is 3. The van der Waals surface area contributed by atoms with E-state index < -0.39 is 0 Å². The molecule has 1 heterocycles. The van der Waals surface area contributed by atoms with Crippen LogP contribution >= 0.6 is 15.9 Å². The number of aliphatic imine (C=N–C) groups is 1. The summed E-state index contributed by atoms with van der Waals surface area (Å²) in [5, 5.41) is 7.51. The summed E-state index contributed by atoms with van der Waals surface area (Å²) in [6, 6.07) is 8.53. The first-order valence-electron chi connectivity index (χ1n) is 9.10. The van der Waals surface area contributed by atoms with Gasteiger partial charge in [0, 0.05) is 31.7 Å². The molecule has 142 valence electrons. The van der Waals surface area contributed by atoms with Gasteiger partial charge in [-0.25, -0.2) is 4.98 Å². The third-order valence-corrected chi connectivity index (χ3v) is 4.86. The Hall–Kier alpha value is -1.89. The highest BCUT2D eigenvalue weighted by Gasteiger charge is 2.12. The van der Waals surface area contributed by atoms with Crippen LogP contribution in [0, 0.1) is 5.92 Å². The number of guanidine groups is 1. The van der Waals surface area contributed by atoms with Crippen LogP contribution in [0.1, 0.15) is 31.7 Å². The summed E-state index contributed by atoms with van der Waals surface area (Å²) in [5.74, 6) is 2.34. The first-order valence-corrected chi connectivity index (χ1v) is 9.89. The number of rotatable bonds is 8. The minimum atomic E-state index is 0.515. The molecule has 1 N–H and O–H groups in total. The molecule has 6 nitrogen and oxygen atoms in total. The van der Waals surface area contributed by atoms with Crippen molar-refractivity contribution < 1.29 is 0 Å². The van der Waals surface area contributed by atoms with Crippen molar-refractivity contribution in [3.05, 3.63) is 46.5 Å². The number of nitrogens with zero attached hydrogens (tertiary/aromatic N) is 5. The third kappa shape index (κ3) is 6.12. The molecule has 0 radical (unpaired) electrons. The van der Waals surface area contributed by atoms with Crippen molar-refractivity contribution in [2.24, 2.45) is 18.0 Å². The Morgan fingerprint density at radius 2 is 2.19 bits per heavy atom. The van der Waals surface area contributed by atoms with Gasteiger partial charge in [0.25, 0.3) is 0 Å². The van der Waals surface area contributed by atoms with Crippen molar-refractivity contribution >= 4 is 21.9 Å². The summed E-state index contributed by atoms with van der Waals surface area (Å²) in [6.45, 7) is 6.63. The van der Waals surface area contributed by atoms with Crippen LogP contribution in [0.25, 0.3) is 0 Å². The van der Waals surface area contributed by atoms with E-state index in [1.165, 1.54) is 5.56 Å². The van der Waals surface area contributed by atoms with Gasteiger partial charge in [0.05, 0.1) is 6.54 Å². The Labute approximate surface area is 164 Å². The Morgan fingerprint density at radius 1 is 1.38 bits per heavy atom. The summed E-state index contributed by atoms with van der Waals surface area (Å²) in [5.41, 5.74) is 1.35. The molecule has 0 saturated heterocycles. The van der Waals surface area contributed by atoms with E-state index in [1.807, 2.05) is 14.1 Å². The minimum absolute atomic E-state index is 0.515. The van der Waals surface area contributed by atoms with Gasteiger partial charge in [-0.15, -0.1) is 0 Å². The van der Waals surface area contributed by atoms with Crippen molar-refractivity contribution in [2.45, 2.75) is 33.2 Å². The average Bonchev–Trinajstić information content (AvgIpc) is 3.02. The number of halogens is 1. The molecule has 1 aromatic heterocycles. The molecule has 2 rings (SSSR count). The molecule has 1 aromatic carbocycles. The normalized spacial score (nSPS) is 12.9. The lowest BCUT2D eigenvalue weighted by atomic mass is 9.97. The fourth-order valence-electron chi connectivity index (χ4n) is 2.77. The zero-order chi connectivity index (χ0) is 18.9. The van der Waals surface area contributed by atoms with Gasteiger partial charge in [-0.3, -0.25) is 9.67 Å². The molecule has 0 bridgehead atoms. The highest BCUT2D eigenvalue weighted by atomic mass is 79.9. The smallest absolute Gasteiger partial charge is 0.194 e. The van der Waals surface area contributed by atoms with Gasteiger partial charge in [-0.2, -0.15) is 5.10 Å². The van der Waals surface area contributed by atoms with E-state index in [4.69, 9.17) is 4.99 Å². The van der Waals surface area contributed by atoms with Crippen LogP contribution in [0.5, 0.6) is 0 Å². The summed E-state index contributed by atoms with van der Waals surface area (Å²) in [7, 11) is 3.94. The molecule has 0 spiro atoms. The van der Waals surface area contributed by atoms with Gasteiger partial charge in [-0.05, 0) is 37.0 Å². The van der Waals surface area contributed by atoms with Gasteiger partial charge in [-0.1, -0.05) is 41.4 Å². The van der Waals surface area contributed by atoms with Crippen LogP contribution < -0.4 is 5.32 Å². The molecule has 0 aliphatic carbocycles. The quantitative estimate of drug-likeness (QED) is 0.525. The monoisotopic (exact) mass is 420 g/mol. The van der Waals surface area contributed by atoms with Crippen LogP contribution in [-0.2, 0) is 20.0 Å². The number of aryl methyl sites for hydroxylation is 1. The van der Waals surface area contributed by atoms with E-state index >= 15 is 0 Å². The van der Waals surface area contributed by atoms with E-state index in [1.54, 1.807) is 11.0 Å². The largest absolute Gasteiger partial charge is 0.357 e. The Bertz CT molecular complexity index is 712. The lowest BCUT2D eigenvalue weighted by Crippen LogP contribution is -2.39. The van der Waals surface area contributed by atoms with E-state index in [0.717, 1.165) is 42.2 Å². The molecular formula is C19H29BrN6. The minimum Gasteiger partial charge on any atom is -0.357 e. The van der Waals surface area contributed by atoms with Crippen LogP contribution in [0.15, 0.2) is 40.1 Å². The molecule has 0 saturated carbocycles. The van der Waals surface area contributed by atoms with Crippen LogP contribution in [0.2, 0.25) is 0 Å². The second kappa shape index (κ2) is 10.3. The van der Waals surface area contributed by atoms with Crippen molar-refractivity contribution in [1.82, 2.24) is 25.0 Å². The molecule has 1 atom stereocenters. The summed E-state index contributed by atoms with van der Waals surface area (Å²) >= 11 is 3.55. The maximum Gasteiger partial charge on any atom is 0.194 e. The van der Waals surface area contributed by atoms with Crippen molar-refractivity contribution in [3.63, 3.8) is 0 Å². The fraction of sp³-hybridized carbons (Fsp3) is 0.526. The lowest BCUT2D eigenvalue weighted by molar-refractivity contribution is 0.442. The first kappa shape index (κ1) is 20.4.